The van der Waals surface area contributed by atoms with Crippen molar-refractivity contribution in [2.75, 3.05) is 11.9 Å². The topological polar surface area (TPSA) is 55.9 Å². The van der Waals surface area contributed by atoms with Crippen LogP contribution >= 0.6 is 0 Å². The number of aryl methyl sites for hydroxylation is 1. The summed E-state index contributed by atoms with van der Waals surface area (Å²) >= 11 is 0. The average molecular weight is 222 g/mol. The first-order valence-corrected chi connectivity index (χ1v) is 6.25. The van der Waals surface area contributed by atoms with Crippen LogP contribution in [0.3, 0.4) is 0 Å². The molecule has 0 radical (unpaired) electrons. The van der Waals surface area contributed by atoms with Crippen LogP contribution in [0.1, 0.15) is 32.1 Å². The summed E-state index contributed by atoms with van der Waals surface area (Å²) in [6.45, 7) is 0.692. The van der Waals surface area contributed by atoms with E-state index in [-0.39, 0.29) is 0 Å². The van der Waals surface area contributed by atoms with Gasteiger partial charge in [-0.25, -0.2) is 4.98 Å². The van der Waals surface area contributed by atoms with Crippen molar-refractivity contribution in [3.8, 4) is 0 Å². The first-order chi connectivity index (χ1) is 7.81. The second kappa shape index (κ2) is 5.34. The maximum Gasteiger partial charge on any atom is 0.202 e. The standard InChI is InChI=1S/C12H22N4/c1-16-8-7-14-12(16)15-11(9-13)10-5-3-2-4-6-10/h7-8,10-11H,2-6,9,13H2,1H3,(H,14,15). The van der Waals surface area contributed by atoms with Crippen molar-refractivity contribution >= 4 is 5.95 Å². The number of hydrogen-bond acceptors (Lipinski definition) is 3. The summed E-state index contributed by atoms with van der Waals surface area (Å²) in [5.74, 6) is 1.65. The quantitative estimate of drug-likeness (QED) is 0.816. The van der Waals surface area contributed by atoms with Crippen LogP contribution in [0.2, 0.25) is 0 Å². The van der Waals surface area contributed by atoms with Crippen LogP contribution in [0, 0.1) is 5.92 Å². The van der Waals surface area contributed by atoms with Crippen LogP contribution < -0.4 is 11.1 Å². The predicted molar refractivity (Wildman–Crippen MR) is 66.2 cm³/mol. The molecule has 1 unspecified atom stereocenters. The molecule has 4 nitrogen and oxygen atoms in total. The molecule has 1 aliphatic carbocycles. The molecule has 90 valence electrons. The third-order valence-electron chi connectivity index (χ3n) is 3.61. The van der Waals surface area contributed by atoms with E-state index >= 15 is 0 Å². The molecule has 0 aliphatic heterocycles. The van der Waals surface area contributed by atoms with Gasteiger partial charge >= 0.3 is 0 Å². The van der Waals surface area contributed by atoms with Crippen molar-refractivity contribution in [3.63, 3.8) is 0 Å². The van der Waals surface area contributed by atoms with E-state index in [9.17, 15) is 0 Å². The average Bonchev–Trinajstić information content (AvgIpc) is 2.73. The molecule has 1 fully saturated rings. The number of anilines is 1. The van der Waals surface area contributed by atoms with E-state index in [0.717, 1.165) is 11.9 Å². The Bertz CT molecular complexity index is 315. The summed E-state index contributed by atoms with van der Waals surface area (Å²) in [7, 11) is 2.00. The number of rotatable bonds is 4. The van der Waals surface area contributed by atoms with Gasteiger partial charge in [0.05, 0.1) is 0 Å². The van der Waals surface area contributed by atoms with Crippen LogP contribution in [-0.2, 0) is 7.05 Å². The first-order valence-electron chi connectivity index (χ1n) is 6.25. The number of nitrogens with two attached hydrogens (primary N) is 1. The molecule has 0 saturated heterocycles. The van der Waals surface area contributed by atoms with Gasteiger partial charge in [-0.1, -0.05) is 19.3 Å². The maximum atomic E-state index is 5.87. The molecule has 1 aliphatic rings. The Morgan fingerprint density at radius 3 is 2.81 bits per heavy atom. The van der Waals surface area contributed by atoms with Crippen molar-refractivity contribution in [2.24, 2.45) is 18.7 Å². The summed E-state index contributed by atoms with van der Waals surface area (Å²) in [4.78, 5) is 4.29. The van der Waals surface area contributed by atoms with Crippen molar-refractivity contribution in [2.45, 2.75) is 38.1 Å². The van der Waals surface area contributed by atoms with Gasteiger partial charge in [-0.05, 0) is 18.8 Å². The summed E-state index contributed by atoms with van der Waals surface area (Å²) in [5, 5.41) is 3.47. The number of aromatic nitrogens is 2. The van der Waals surface area contributed by atoms with E-state index in [2.05, 4.69) is 10.3 Å². The van der Waals surface area contributed by atoms with Crippen molar-refractivity contribution in [3.05, 3.63) is 12.4 Å². The minimum Gasteiger partial charge on any atom is -0.351 e. The maximum absolute atomic E-state index is 5.87. The molecular formula is C12H22N4. The third kappa shape index (κ3) is 2.55. The van der Waals surface area contributed by atoms with Gasteiger partial charge in [0, 0.05) is 32.0 Å². The Balaban J connectivity index is 1.97. The monoisotopic (exact) mass is 222 g/mol. The largest absolute Gasteiger partial charge is 0.351 e. The first kappa shape index (κ1) is 11.5. The molecule has 1 atom stereocenters. The molecule has 0 bridgehead atoms. The van der Waals surface area contributed by atoms with E-state index in [1.807, 2.05) is 24.0 Å². The zero-order valence-electron chi connectivity index (χ0n) is 10.0. The lowest BCUT2D eigenvalue weighted by Gasteiger charge is -2.30. The van der Waals surface area contributed by atoms with Crippen LogP contribution in [0.15, 0.2) is 12.4 Å². The van der Waals surface area contributed by atoms with E-state index in [1.54, 1.807) is 0 Å². The Morgan fingerprint density at radius 1 is 1.50 bits per heavy atom. The molecule has 2 rings (SSSR count). The minimum absolute atomic E-state index is 0.376. The van der Waals surface area contributed by atoms with Gasteiger partial charge in [0.15, 0.2) is 0 Å². The van der Waals surface area contributed by atoms with E-state index < -0.39 is 0 Å². The number of imidazole rings is 1. The molecule has 1 aromatic heterocycles. The number of nitrogens with one attached hydrogen (secondary N) is 1. The van der Waals surface area contributed by atoms with Crippen molar-refractivity contribution in [1.82, 2.24) is 9.55 Å². The fourth-order valence-electron chi connectivity index (χ4n) is 2.58. The number of nitrogens with zero attached hydrogens (tertiary/aromatic N) is 2. The summed E-state index contributed by atoms with van der Waals surface area (Å²) in [5.41, 5.74) is 5.87. The smallest absolute Gasteiger partial charge is 0.202 e. The number of hydrogen-bond donors (Lipinski definition) is 2. The van der Waals surface area contributed by atoms with Crippen molar-refractivity contribution in [1.29, 1.82) is 0 Å². The Kier molecular flexibility index (Phi) is 3.83. The van der Waals surface area contributed by atoms with Gasteiger partial charge in [0.25, 0.3) is 0 Å². The summed E-state index contributed by atoms with van der Waals surface area (Å²) in [6.07, 6.45) is 10.5. The summed E-state index contributed by atoms with van der Waals surface area (Å²) in [6, 6.07) is 0.376. The zero-order valence-corrected chi connectivity index (χ0v) is 10.0. The second-order valence-electron chi connectivity index (χ2n) is 4.75. The molecule has 1 aromatic rings. The lowest BCUT2D eigenvalue weighted by atomic mass is 9.84. The normalized spacial score (nSPS) is 19.6. The molecule has 0 aromatic carbocycles. The van der Waals surface area contributed by atoms with Gasteiger partial charge in [-0.3, -0.25) is 0 Å². The SMILES string of the molecule is Cn1ccnc1NC(CN)C1CCCCC1. The summed E-state index contributed by atoms with van der Waals surface area (Å²) < 4.78 is 2.01. The van der Waals surface area contributed by atoms with Gasteiger partial charge in [-0.2, -0.15) is 0 Å². The minimum atomic E-state index is 0.376. The van der Waals surface area contributed by atoms with E-state index in [1.165, 1.54) is 32.1 Å². The Morgan fingerprint density at radius 2 is 2.25 bits per heavy atom. The molecule has 1 heterocycles. The van der Waals surface area contributed by atoms with Gasteiger partial charge in [0.1, 0.15) is 0 Å². The van der Waals surface area contributed by atoms with Crippen molar-refractivity contribution < 1.29 is 0 Å². The molecule has 16 heavy (non-hydrogen) atoms. The lowest BCUT2D eigenvalue weighted by molar-refractivity contribution is 0.319. The second-order valence-corrected chi connectivity index (χ2v) is 4.75. The molecule has 3 N–H and O–H groups in total. The van der Waals surface area contributed by atoms with Gasteiger partial charge < -0.3 is 15.6 Å². The highest BCUT2D eigenvalue weighted by Crippen LogP contribution is 2.27. The van der Waals surface area contributed by atoms with Crippen LogP contribution in [0.5, 0.6) is 0 Å². The van der Waals surface area contributed by atoms with E-state index in [0.29, 0.717) is 12.6 Å². The Hall–Kier alpha value is -1.03. The molecule has 1 saturated carbocycles. The Labute approximate surface area is 97.2 Å². The highest BCUT2D eigenvalue weighted by Gasteiger charge is 2.23. The highest BCUT2D eigenvalue weighted by molar-refractivity contribution is 5.27. The van der Waals surface area contributed by atoms with Gasteiger partial charge in [0.2, 0.25) is 5.95 Å². The van der Waals surface area contributed by atoms with Crippen LogP contribution in [0.25, 0.3) is 0 Å². The molecule has 4 heteroatoms. The van der Waals surface area contributed by atoms with Crippen LogP contribution in [-0.4, -0.2) is 22.1 Å². The van der Waals surface area contributed by atoms with Gasteiger partial charge in [-0.15, -0.1) is 0 Å². The third-order valence-corrected chi connectivity index (χ3v) is 3.61. The lowest BCUT2D eigenvalue weighted by Crippen LogP contribution is -2.38. The molecular weight excluding hydrogens is 200 g/mol. The molecule has 0 spiro atoms. The highest BCUT2D eigenvalue weighted by atomic mass is 15.2. The predicted octanol–water partition coefficient (Wildman–Crippen LogP) is 1.74. The zero-order chi connectivity index (χ0) is 11.4. The fraction of sp³-hybridized carbons (Fsp3) is 0.750. The van der Waals surface area contributed by atoms with Crippen LogP contribution in [0.4, 0.5) is 5.95 Å². The fourth-order valence-corrected chi connectivity index (χ4v) is 2.58. The molecule has 0 amide bonds. The van der Waals surface area contributed by atoms with E-state index in [4.69, 9.17) is 5.73 Å².